The van der Waals surface area contributed by atoms with E-state index in [2.05, 4.69) is 4.90 Å². The smallest absolute Gasteiger partial charge is 0.254 e. The van der Waals surface area contributed by atoms with Crippen molar-refractivity contribution in [3.63, 3.8) is 0 Å². The van der Waals surface area contributed by atoms with Crippen molar-refractivity contribution in [2.75, 3.05) is 46.5 Å². The summed E-state index contributed by atoms with van der Waals surface area (Å²) in [5.74, 6) is -0.511. The molecule has 1 aliphatic rings. The van der Waals surface area contributed by atoms with Crippen LogP contribution in [0.4, 0.5) is 4.39 Å². The van der Waals surface area contributed by atoms with Crippen LogP contribution in [-0.2, 0) is 16.0 Å². The van der Waals surface area contributed by atoms with Crippen LogP contribution >= 0.6 is 0 Å². The number of halogens is 1. The summed E-state index contributed by atoms with van der Waals surface area (Å²) in [6.07, 6.45) is 3.32. The van der Waals surface area contributed by atoms with Gasteiger partial charge in [-0.25, -0.2) is 4.39 Å². The lowest BCUT2D eigenvalue weighted by atomic mass is 10.1. The van der Waals surface area contributed by atoms with Crippen LogP contribution in [0.25, 0.3) is 0 Å². The number of hydrogen-bond acceptors (Lipinski definition) is 5. The number of nitrogens with zero attached hydrogens (tertiary/aromatic N) is 2. The Morgan fingerprint density at radius 3 is 2.85 bits per heavy atom. The van der Waals surface area contributed by atoms with E-state index >= 15 is 0 Å². The minimum atomic E-state index is -0.361. The Bertz CT molecular complexity index is 705. The molecule has 1 fully saturated rings. The summed E-state index contributed by atoms with van der Waals surface area (Å²) >= 11 is 0. The van der Waals surface area contributed by atoms with Gasteiger partial charge in [-0.2, -0.15) is 0 Å². The van der Waals surface area contributed by atoms with Crippen LogP contribution in [0.15, 0.2) is 47.3 Å². The van der Waals surface area contributed by atoms with Crippen LogP contribution in [-0.4, -0.2) is 68.3 Å². The molecule has 146 valence electrons. The van der Waals surface area contributed by atoms with Crippen LogP contribution in [0.5, 0.6) is 0 Å². The van der Waals surface area contributed by atoms with Gasteiger partial charge in [0.05, 0.1) is 31.8 Å². The van der Waals surface area contributed by atoms with Crippen molar-refractivity contribution in [2.45, 2.75) is 12.6 Å². The molecule has 7 heteroatoms. The quantitative estimate of drug-likeness (QED) is 0.708. The van der Waals surface area contributed by atoms with E-state index in [0.29, 0.717) is 31.9 Å². The molecule has 1 aromatic carbocycles. The van der Waals surface area contributed by atoms with Gasteiger partial charge in [0.15, 0.2) is 0 Å². The van der Waals surface area contributed by atoms with Gasteiger partial charge in [0.2, 0.25) is 0 Å². The number of amides is 1. The molecule has 2 aromatic rings. The third kappa shape index (κ3) is 5.63. The van der Waals surface area contributed by atoms with Crippen LogP contribution in [0.1, 0.15) is 15.9 Å². The number of methoxy groups -OCH3 is 1. The number of carbonyl (C=O) groups is 1. The molecule has 0 bridgehead atoms. The van der Waals surface area contributed by atoms with Crippen LogP contribution in [0.3, 0.4) is 0 Å². The molecule has 1 unspecified atom stereocenters. The molecule has 1 aromatic heterocycles. The van der Waals surface area contributed by atoms with E-state index in [1.165, 1.54) is 24.3 Å². The predicted molar refractivity (Wildman–Crippen MR) is 97.9 cm³/mol. The molecule has 0 N–H and O–H groups in total. The van der Waals surface area contributed by atoms with Crippen molar-refractivity contribution >= 4 is 5.91 Å². The second-order valence-corrected chi connectivity index (χ2v) is 6.61. The molecule has 3 rings (SSSR count). The van der Waals surface area contributed by atoms with Crippen molar-refractivity contribution in [3.8, 4) is 0 Å². The summed E-state index contributed by atoms with van der Waals surface area (Å²) in [6, 6.07) is 7.55. The van der Waals surface area contributed by atoms with E-state index in [4.69, 9.17) is 13.9 Å². The van der Waals surface area contributed by atoms with Crippen molar-refractivity contribution in [1.29, 1.82) is 0 Å². The molecule has 0 saturated carbocycles. The SMILES string of the molecule is COCCN(CC1CN(Cc2ccoc2)CCO1)C(=O)c1ccc(F)cc1. The Balaban J connectivity index is 1.62. The average molecular weight is 376 g/mol. The predicted octanol–water partition coefficient (Wildman–Crippen LogP) is 2.41. The summed E-state index contributed by atoms with van der Waals surface area (Å²) in [5.41, 5.74) is 1.58. The van der Waals surface area contributed by atoms with Gasteiger partial charge in [-0.15, -0.1) is 0 Å². The fraction of sp³-hybridized carbons (Fsp3) is 0.450. The van der Waals surface area contributed by atoms with Gasteiger partial charge in [0, 0.05) is 51.0 Å². The zero-order valence-electron chi connectivity index (χ0n) is 15.5. The Hall–Kier alpha value is -2.22. The highest BCUT2D eigenvalue weighted by Gasteiger charge is 2.25. The van der Waals surface area contributed by atoms with Crippen LogP contribution in [0, 0.1) is 5.82 Å². The van der Waals surface area contributed by atoms with Crippen LogP contribution in [0.2, 0.25) is 0 Å². The summed E-state index contributed by atoms with van der Waals surface area (Å²) in [5, 5.41) is 0. The van der Waals surface area contributed by atoms with Crippen molar-refractivity contribution in [2.24, 2.45) is 0 Å². The highest BCUT2D eigenvalue weighted by molar-refractivity contribution is 5.94. The first-order valence-corrected chi connectivity index (χ1v) is 9.04. The Morgan fingerprint density at radius 2 is 2.15 bits per heavy atom. The number of hydrogen-bond donors (Lipinski definition) is 0. The lowest BCUT2D eigenvalue weighted by Crippen LogP contribution is -2.49. The third-order valence-electron chi connectivity index (χ3n) is 4.58. The van der Waals surface area contributed by atoms with E-state index < -0.39 is 0 Å². The number of benzene rings is 1. The summed E-state index contributed by atoms with van der Waals surface area (Å²) < 4.78 is 29.3. The second-order valence-electron chi connectivity index (χ2n) is 6.61. The summed E-state index contributed by atoms with van der Waals surface area (Å²) in [7, 11) is 1.60. The largest absolute Gasteiger partial charge is 0.472 e. The number of furan rings is 1. The molecule has 0 aliphatic carbocycles. The Morgan fingerprint density at radius 1 is 1.33 bits per heavy atom. The monoisotopic (exact) mass is 376 g/mol. The lowest BCUT2D eigenvalue weighted by molar-refractivity contribution is -0.0444. The first kappa shape index (κ1) is 19.5. The zero-order valence-corrected chi connectivity index (χ0v) is 15.5. The fourth-order valence-corrected chi connectivity index (χ4v) is 3.17. The molecule has 1 aliphatic heterocycles. The van der Waals surface area contributed by atoms with Gasteiger partial charge in [0.25, 0.3) is 5.91 Å². The number of rotatable bonds is 8. The molecule has 0 radical (unpaired) electrons. The molecule has 1 amide bonds. The Labute approximate surface area is 158 Å². The van der Waals surface area contributed by atoms with Gasteiger partial charge in [-0.05, 0) is 30.3 Å². The Kier molecular flexibility index (Phi) is 6.98. The molecular weight excluding hydrogens is 351 g/mol. The first-order chi connectivity index (χ1) is 13.2. The molecule has 0 spiro atoms. The van der Waals surface area contributed by atoms with E-state index in [9.17, 15) is 9.18 Å². The zero-order chi connectivity index (χ0) is 19.1. The maximum absolute atomic E-state index is 13.1. The number of morpholine rings is 1. The van der Waals surface area contributed by atoms with Gasteiger partial charge < -0.3 is 18.8 Å². The van der Waals surface area contributed by atoms with Crippen molar-refractivity contribution in [3.05, 3.63) is 59.8 Å². The molecule has 27 heavy (non-hydrogen) atoms. The van der Waals surface area contributed by atoms with Gasteiger partial charge in [-0.3, -0.25) is 9.69 Å². The van der Waals surface area contributed by atoms with Gasteiger partial charge in [-0.1, -0.05) is 0 Å². The van der Waals surface area contributed by atoms with E-state index in [1.807, 2.05) is 6.07 Å². The molecule has 1 saturated heterocycles. The van der Waals surface area contributed by atoms with Crippen LogP contribution < -0.4 is 0 Å². The van der Waals surface area contributed by atoms with Gasteiger partial charge >= 0.3 is 0 Å². The molecule has 1 atom stereocenters. The average Bonchev–Trinajstić information content (AvgIpc) is 3.18. The fourth-order valence-electron chi connectivity index (χ4n) is 3.17. The topological polar surface area (TPSA) is 55.1 Å². The molecular formula is C20H25FN2O4. The van der Waals surface area contributed by atoms with E-state index in [0.717, 1.165) is 25.2 Å². The number of ether oxygens (including phenoxy) is 2. The maximum Gasteiger partial charge on any atom is 0.254 e. The third-order valence-corrected chi connectivity index (χ3v) is 4.58. The highest BCUT2D eigenvalue weighted by atomic mass is 19.1. The second kappa shape index (κ2) is 9.64. The molecule has 6 nitrogen and oxygen atoms in total. The minimum absolute atomic E-state index is 0.0908. The van der Waals surface area contributed by atoms with E-state index in [-0.39, 0.29) is 17.8 Å². The van der Waals surface area contributed by atoms with Crippen molar-refractivity contribution < 1.29 is 23.1 Å². The minimum Gasteiger partial charge on any atom is -0.472 e. The van der Waals surface area contributed by atoms with Gasteiger partial charge in [0.1, 0.15) is 5.82 Å². The lowest BCUT2D eigenvalue weighted by Gasteiger charge is -2.35. The van der Waals surface area contributed by atoms with E-state index in [1.54, 1.807) is 24.5 Å². The van der Waals surface area contributed by atoms with Crippen molar-refractivity contribution in [1.82, 2.24) is 9.80 Å². The summed E-state index contributed by atoms with van der Waals surface area (Å²) in [4.78, 5) is 16.8. The normalized spacial score (nSPS) is 17.8. The first-order valence-electron chi connectivity index (χ1n) is 9.04. The number of carbonyl (C=O) groups excluding carboxylic acids is 1. The molecule has 2 heterocycles. The summed E-state index contributed by atoms with van der Waals surface area (Å²) in [6.45, 7) is 4.32. The maximum atomic E-state index is 13.1. The highest BCUT2D eigenvalue weighted by Crippen LogP contribution is 2.14. The standard InChI is InChI=1S/C20H25FN2O4/c1-25-10-8-23(20(24)17-2-4-18(21)5-3-17)14-19-13-22(7-11-27-19)12-16-6-9-26-15-16/h2-6,9,15,19H,7-8,10-14H2,1H3.